The van der Waals surface area contributed by atoms with Crippen molar-refractivity contribution < 1.29 is 4.92 Å². The van der Waals surface area contributed by atoms with Crippen molar-refractivity contribution in [1.82, 2.24) is 0 Å². The Balaban J connectivity index is 1.94. The van der Waals surface area contributed by atoms with Gasteiger partial charge in [0.15, 0.2) is 0 Å². The normalized spacial score (nSPS) is 13.7. The van der Waals surface area contributed by atoms with E-state index in [9.17, 15) is 10.1 Å². The summed E-state index contributed by atoms with van der Waals surface area (Å²) in [7, 11) is 0. The van der Waals surface area contributed by atoms with E-state index in [-0.39, 0.29) is 5.69 Å². The molecule has 1 aliphatic rings. The van der Waals surface area contributed by atoms with Crippen LogP contribution < -0.4 is 16.2 Å². The van der Waals surface area contributed by atoms with Crippen LogP contribution in [0.15, 0.2) is 42.5 Å². The number of anilines is 2. The summed E-state index contributed by atoms with van der Waals surface area (Å²) in [5.41, 5.74) is 6.49. The molecule has 0 aliphatic carbocycles. The molecule has 3 rings (SSSR count). The van der Waals surface area contributed by atoms with E-state index in [1.807, 2.05) is 18.2 Å². The van der Waals surface area contributed by atoms with Crippen LogP contribution in [0.1, 0.15) is 11.1 Å². The molecule has 3 N–H and O–H groups in total. The molecule has 0 radical (unpaired) electrons. The smallest absolute Gasteiger partial charge is 0.273 e. The zero-order chi connectivity index (χ0) is 14.8. The number of hydrogen-bond acceptors (Lipinski definition) is 5. The van der Waals surface area contributed by atoms with Crippen molar-refractivity contribution in [2.45, 2.75) is 13.0 Å². The maximum atomic E-state index is 11.0. The largest absolute Gasteiger partial charge is 0.367 e. The van der Waals surface area contributed by atoms with Gasteiger partial charge in [-0.05, 0) is 23.6 Å². The van der Waals surface area contributed by atoms with Crippen molar-refractivity contribution in [2.24, 2.45) is 5.84 Å². The van der Waals surface area contributed by atoms with Gasteiger partial charge in [0.1, 0.15) is 0 Å². The highest BCUT2D eigenvalue weighted by Crippen LogP contribution is 2.30. The third kappa shape index (κ3) is 2.66. The minimum Gasteiger partial charge on any atom is -0.367 e. The maximum Gasteiger partial charge on any atom is 0.273 e. The number of fused-ring (bicyclic) bond motifs is 1. The number of nitrogen functional groups attached to an aromatic ring is 1. The number of nitrogens with two attached hydrogens (primary N) is 1. The molecule has 6 nitrogen and oxygen atoms in total. The number of hydrazine groups is 1. The molecule has 1 heterocycles. The van der Waals surface area contributed by atoms with E-state index in [0.29, 0.717) is 5.69 Å². The summed E-state index contributed by atoms with van der Waals surface area (Å²) >= 11 is 0. The highest BCUT2D eigenvalue weighted by molar-refractivity contribution is 5.64. The third-order valence-electron chi connectivity index (χ3n) is 3.78. The number of nitro groups is 1. The first-order valence-electron chi connectivity index (χ1n) is 6.75. The van der Waals surface area contributed by atoms with Crippen molar-refractivity contribution in [2.75, 3.05) is 16.9 Å². The molecule has 0 unspecified atom stereocenters. The summed E-state index contributed by atoms with van der Waals surface area (Å²) in [5, 5.41) is 11.0. The number of benzene rings is 2. The van der Waals surface area contributed by atoms with E-state index >= 15 is 0 Å². The molecule has 6 heteroatoms. The Hall–Kier alpha value is -2.60. The van der Waals surface area contributed by atoms with Crippen LogP contribution in [-0.4, -0.2) is 11.5 Å². The lowest BCUT2D eigenvalue weighted by Crippen LogP contribution is -2.30. The minimum absolute atomic E-state index is 0.0410. The Bertz CT molecular complexity index is 687. The van der Waals surface area contributed by atoms with Crippen LogP contribution in [0, 0.1) is 10.1 Å². The molecular formula is C15H16N4O2. The molecule has 0 amide bonds. The van der Waals surface area contributed by atoms with Crippen molar-refractivity contribution in [1.29, 1.82) is 0 Å². The first kappa shape index (κ1) is 13.4. The van der Waals surface area contributed by atoms with E-state index < -0.39 is 4.92 Å². The van der Waals surface area contributed by atoms with Gasteiger partial charge < -0.3 is 10.3 Å². The van der Waals surface area contributed by atoms with E-state index in [1.165, 1.54) is 17.2 Å². The number of nitro benzene ring substituents is 1. The Kier molecular flexibility index (Phi) is 3.45. The Morgan fingerprint density at radius 3 is 2.67 bits per heavy atom. The molecular weight excluding hydrogens is 268 g/mol. The molecule has 1 aliphatic heterocycles. The average molecular weight is 284 g/mol. The summed E-state index contributed by atoms with van der Waals surface area (Å²) in [6, 6.07) is 13.1. The fourth-order valence-electron chi connectivity index (χ4n) is 2.68. The summed E-state index contributed by atoms with van der Waals surface area (Å²) in [6.45, 7) is 1.59. The Morgan fingerprint density at radius 1 is 1.19 bits per heavy atom. The first-order valence-corrected chi connectivity index (χ1v) is 6.75. The van der Waals surface area contributed by atoms with Gasteiger partial charge in [0, 0.05) is 30.9 Å². The number of hydrogen-bond donors (Lipinski definition) is 2. The van der Waals surface area contributed by atoms with Gasteiger partial charge in [-0.15, -0.1) is 0 Å². The molecule has 108 valence electrons. The monoisotopic (exact) mass is 284 g/mol. The average Bonchev–Trinajstić information content (AvgIpc) is 2.53. The zero-order valence-electron chi connectivity index (χ0n) is 11.5. The molecule has 2 aromatic rings. The lowest BCUT2D eigenvalue weighted by molar-refractivity contribution is -0.384. The molecule has 21 heavy (non-hydrogen) atoms. The number of rotatable bonds is 3. The SMILES string of the molecule is NNc1cc(N2CCc3ccccc3C2)cc([N+](=O)[O-])c1. The van der Waals surface area contributed by atoms with Gasteiger partial charge in [0.05, 0.1) is 10.6 Å². The molecule has 2 aromatic carbocycles. The predicted molar refractivity (Wildman–Crippen MR) is 82.1 cm³/mol. The Labute approximate surface area is 122 Å². The summed E-state index contributed by atoms with van der Waals surface area (Å²) in [5.74, 6) is 5.40. The van der Waals surface area contributed by atoms with Gasteiger partial charge in [-0.1, -0.05) is 24.3 Å². The van der Waals surface area contributed by atoms with Gasteiger partial charge >= 0.3 is 0 Å². The molecule has 0 bridgehead atoms. The van der Waals surface area contributed by atoms with Crippen molar-refractivity contribution in [3.05, 3.63) is 63.7 Å². The summed E-state index contributed by atoms with van der Waals surface area (Å²) in [4.78, 5) is 12.8. The van der Waals surface area contributed by atoms with Crippen LogP contribution in [0.2, 0.25) is 0 Å². The predicted octanol–water partition coefficient (Wildman–Crippen LogP) is 2.44. The number of nitrogens with zero attached hydrogens (tertiary/aromatic N) is 2. The van der Waals surface area contributed by atoms with Crippen LogP contribution >= 0.6 is 0 Å². The molecule has 0 fully saturated rings. The van der Waals surface area contributed by atoms with E-state index in [1.54, 1.807) is 6.07 Å². The van der Waals surface area contributed by atoms with E-state index in [2.05, 4.69) is 22.5 Å². The van der Waals surface area contributed by atoms with Crippen LogP contribution in [-0.2, 0) is 13.0 Å². The molecule has 0 saturated carbocycles. The first-order chi connectivity index (χ1) is 10.2. The van der Waals surface area contributed by atoms with E-state index in [4.69, 9.17) is 5.84 Å². The van der Waals surface area contributed by atoms with Crippen molar-refractivity contribution in [3.63, 3.8) is 0 Å². The zero-order valence-corrected chi connectivity index (χ0v) is 11.5. The standard InChI is InChI=1S/C15H16N4O2/c16-17-13-7-14(9-15(8-13)19(20)21)18-6-5-11-3-1-2-4-12(11)10-18/h1-4,7-9,17H,5-6,10,16H2. The highest BCUT2D eigenvalue weighted by atomic mass is 16.6. The van der Waals surface area contributed by atoms with Gasteiger partial charge in [-0.25, -0.2) is 0 Å². The second-order valence-electron chi connectivity index (χ2n) is 5.08. The van der Waals surface area contributed by atoms with Crippen molar-refractivity contribution >= 4 is 17.1 Å². The second-order valence-corrected chi connectivity index (χ2v) is 5.08. The van der Waals surface area contributed by atoms with Crippen LogP contribution in [0.25, 0.3) is 0 Å². The molecule has 0 atom stereocenters. The highest BCUT2D eigenvalue weighted by Gasteiger charge is 2.19. The molecule has 0 spiro atoms. The summed E-state index contributed by atoms with van der Waals surface area (Å²) in [6.07, 6.45) is 0.935. The van der Waals surface area contributed by atoms with Gasteiger partial charge in [-0.3, -0.25) is 16.0 Å². The third-order valence-corrected chi connectivity index (χ3v) is 3.78. The fourth-order valence-corrected chi connectivity index (χ4v) is 2.68. The fraction of sp³-hybridized carbons (Fsp3) is 0.200. The van der Waals surface area contributed by atoms with Gasteiger partial charge in [-0.2, -0.15) is 0 Å². The number of nitrogens with one attached hydrogen (secondary N) is 1. The van der Waals surface area contributed by atoms with Crippen LogP contribution in [0.5, 0.6) is 0 Å². The summed E-state index contributed by atoms with van der Waals surface area (Å²) < 4.78 is 0. The number of non-ortho nitro benzene ring substituents is 1. The van der Waals surface area contributed by atoms with Crippen molar-refractivity contribution in [3.8, 4) is 0 Å². The van der Waals surface area contributed by atoms with Crippen LogP contribution in [0.3, 0.4) is 0 Å². The van der Waals surface area contributed by atoms with Gasteiger partial charge in [0.2, 0.25) is 0 Å². The second kappa shape index (κ2) is 5.41. The minimum atomic E-state index is -0.401. The lowest BCUT2D eigenvalue weighted by atomic mass is 9.99. The molecule has 0 saturated heterocycles. The maximum absolute atomic E-state index is 11.0. The quantitative estimate of drug-likeness (QED) is 0.514. The lowest BCUT2D eigenvalue weighted by Gasteiger charge is -2.30. The topological polar surface area (TPSA) is 84.4 Å². The van der Waals surface area contributed by atoms with Crippen LogP contribution in [0.4, 0.5) is 17.1 Å². The van der Waals surface area contributed by atoms with Gasteiger partial charge in [0.25, 0.3) is 5.69 Å². The van der Waals surface area contributed by atoms with E-state index in [0.717, 1.165) is 25.2 Å². The molecule has 0 aromatic heterocycles. The Morgan fingerprint density at radius 2 is 1.95 bits per heavy atom.